The summed E-state index contributed by atoms with van der Waals surface area (Å²) < 4.78 is 28.9. The van der Waals surface area contributed by atoms with Gasteiger partial charge in [-0.25, -0.2) is 8.78 Å². The molecule has 1 unspecified atom stereocenters. The second-order valence-corrected chi connectivity index (χ2v) is 4.57. The lowest BCUT2D eigenvalue weighted by molar-refractivity contribution is 0.497. The van der Waals surface area contributed by atoms with Gasteiger partial charge in [-0.05, 0) is 31.7 Å². The summed E-state index contributed by atoms with van der Waals surface area (Å²) in [6.07, 6.45) is 2.78. The number of hydrogen-bond acceptors (Lipinski definition) is 2. The molecule has 102 valence electrons. The van der Waals surface area contributed by atoms with Gasteiger partial charge in [0, 0.05) is 31.3 Å². The molecule has 0 fully saturated rings. The van der Waals surface area contributed by atoms with Crippen LogP contribution in [-0.2, 0) is 19.9 Å². The molecule has 1 N–H and O–H groups in total. The van der Waals surface area contributed by atoms with Gasteiger partial charge in [-0.2, -0.15) is 5.10 Å². The molecule has 0 bridgehead atoms. The average molecular weight is 265 g/mol. The van der Waals surface area contributed by atoms with Crippen molar-refractivity contribution in [1.29, 1.82) is 0 Å². The van der Waals surface area contributed by atoms with E-state index in [9.17, 15) is 8.78 Å². The Kier molecular flexibility index (Phi) is 4.27. The smallest absolute Gasteiger partial charge is 0.129 e. The Balaban J connectivity index is 2.11. The third kappa shape index (κ3) is 3.38. The second kappa shape index (κ2) is 5.93. The highest BCUT2D eigenvalue weighted by Gasteiger charge is 2.15. The Bertz CT molecular complexity index is 531. The lowest BCUT2D eigenvalue weighted by Crippen LogP contribution is -2.30. The molecule has 19 heavy (non-hydrogen) atoms. The molecule has 0 aliphatic rings. The summed E-state index contributed by atoms with van der Waals surface area (Å²) in [6, 6.07) is 5.79. The van der Waals surface area contributed by atoms with Crippen LogP contribution in [0.1, 0.15) is 11.3 Å². The van der Waals surface area contributed by atoms with Crippen LogP contribution >= 0.6 is 0 Å². The van der Waals surface area contributed by atoms with Crippen LogP contribution in [-0.4, -0.2) is 22.9 Å². The zero-order chi connectivity index (χ0) is 13.8. The number of aromatic nitrogens is 2. The third-order valence-electron chi connectivity index (χ3n) is 3.14. The Hall–Kier alpha value is -1.75. The van der Waals surface area contributed by atoms with Crippen molar-refractivity contribution in [3.05, 3.63) is 53.4 Å². The number of halogens is 2. The van der Waals surface area contributed by atoms with E-state index in [1.165, 1.54) is 18.2 Å². The second-order valence-electron chi connectivity index (χ2n) is 4.57. The van der Waals surface area contributed by atoms with Gasteiger partial charge in [0.2, 0.25) is 0 Å². The largest absolute Gasteiger partial charge is 0.316 e. The molecular weight excluding hydrogens is 248 g/mol. The number of nitrogens with one attached hydrogen (secondary N) is 1. The molecule has 2 aromatic rings. The van der Waals surface area contributed by atoms with Crippen LogP contribution < -0.4 is 5.32 Å². The van der Waals surface area contributed by atoms with Crippen molar-refractivity contribution in [2.75, 3.05) is 7.05 Å². The Morgan fingerprint density at radius 3 is 2.42 bits per heavy atom. The summed E-state index contributed by atoms with van der Waals surface area (Å²) in [5.74, 6) is -0.998. The van der Waals surface area contributed by atoms with Crippen LogP contribution in [0.25, 0.3) is 0 Å². The van der Waals surface area contributed by atoms with Gasteiger partial charge in [-0.1, -0.05) is 6.07 Å². The van der Waals surface area contributed by atoms with Crippen molar-refractivity contribution in [3.8, 4) is 0 Å². The van der Waals surface area contributed by atoms with Gasteiger partial charge < -0.3 is 5.32 Å². The van der Waals surface area contributed by atoms with Gasteiger partial charge in [-0.3, -0.25) is 4.68 Å². The summed E-state index contributed by atoms with van der Waals surface area (Å²) in [6.45, 7) is 0. The van der Waals surface area contributed by atoms with Gasteiger partial charge in [0.25, 0.3) is 0 Å². The van der Waals surface area contributed by atoms with Crippen LogP contribution in [0, 0.1) is 11.6 Å². The highest BCUT2D eigenvalue weighted by Crippen LogP contribution is 2.15. The normalized spacial score (nSPS) is 12.6. The zero-order valence-corrected chi connectivity index (χ0v) is 11.0. The van der Waals surface area contributed by atoms with Crippen LogP contribution in [0.2, 0.25) is 0 Å². The standard InChI is InChI=1S/C14H17F2N3/c1-17-11(8-10-6-7-19(2)18-10)9-12-13(15)4-3-5-14(12)16/h3-7,11,17H,8-9H2,1-2H3. The van der Waals surface area contributed by atoms with E-state index in [1.807, 2.05) is 19.3 Å². The van der Waals surface area contributed by atoms with Gasteiger partial charge >= 0.3 is 0 Å². The first-order valence-electron chi connectivity index (χ1n) is 6.19. The van der Waals surface area contributed by atoms with E-state index in [1.54, 1.807) is 11.7 Å². The molecule has 2 rings (SSSR count). The lowest BCUT2D eigenvalue weighted by atomic mass is 10.0. The first kappa shape index (κ1) is 13.7. The van der Waals surface area contributed by atoms with E-state index in [4.69, 9.17) is 0 Å². The number of benzene rings is 1. The minimum Gasteiger partial charge on any atom is -0.316 e. The SMILES string of the molecule is CNC(Cc1ccn(C)n1)Cc1c(F)cccc1F. The maximum absolute atomic E-state index is 13.6. The van der Waals surface area contributed by atoms with Crippen molar-refractivity contribution in [2.24, 2.45) is 7.05 Å². The third-order valence-corrected chi connectivity index (χ3v) is 3.14. The summed E-state index contributed by atoms with van der Waals surface area (Å²) in [5.41, 5.74) is 1.02. The highest BCUT2D eigenvalue weighted by molar-refractivity contribution is 5.21. The maximum atomic E-state index is 13.6. The molecule has 0 aliphatic carbocycles. The van der Waals surface area contributed by atoms with E-state index in [0.29, 0.717) is 12.8 Å². The van der Waals surface area contributed by atoms with Crippen molar-refractivity contribution < 1.29 is 8.78 Å². The number of hydrogen-bond donors (Lipinski definition) is 1. The molecule has 0 saturated carbocycles. The lowest BCUT2D eigenvalue weighted by Gasteiger charge is -2.16. The van der Waals surface area contributed by atoms with Crippen LogP contribution in [0.4, 0.5) is 8.78 Å². The Morgan fingerprint density at radius 2 is 1.89 bits per heavy atom. The average Bonchev–Trinajstić information content (AvgIpc) is 2.78. The first-order valence-corrected chi connectivity index (χ1v) is 6.19. The number of likely N-dealkylation sites (N-methyl/N-ethyl adjacent to an activating group) is 1. The van der Waals surface area contributed by atoms with Gasteiger partial charge in [0.15, 0.2) is 0 Å². The fraction of sp³-hybridized carbons (Fsp3) is 0.357. The predicted molar refractivity (Wildman–Crippen MR) is 69.8 cm³/mol. The molecule has 1 aromatic carbocycles. The Morgan fingerprint density at radius 1 is 1.21 bits per heavy atom. The molecule has 0 radical (unpaired) electrons. The van der Waals surface area contributed by atoms with E-state index >= 15 is 0 Å². The quantitative estimate of drug-likeness (QED) is 0.897. The summed E-state index contributed by atoms with van der Waals surface area (Å²) in [5, 5.41) is 7.35. The molecule has 1 atom stereocenters. The Labute approximate surface area is 111 Å². The molecule has 0 aliphatic heterocycles. The number of aryl methyl sites for hydroxylation is 1. The molecular formula is C14H17F2N3. The minimum atomic E-state index is -0.499. The summed E-state index contributed by atoms with van der Waals surface area (Å²) in [4.78, 5) is 0. The minimum absolute atomic E-state index is 0.0544. The topological polar surface area (TPSA) is 29.9 Å². The van der Waals surface area contributed by atoms with E-state index in [-0.39, 0.29) is 11.6 Å². The van der Waals surface area contributed by atoms with Crippen LogP contribution in [0.15, 0.2) is 30.5 Å². The molecule has 0 amide bonds. The van der Waals surface area contributed by atoms with E-state index in [2.05, 4.69) is 10.4 Å². The van der Waals surface area contributed by atoms with E-state index < -0.39 is 11.6 Å². The molecule has 1 aromatic heterocycles. The van der Waals surface area contributed by atoms with Crippen LogP contribution in [0.3, 0.4) is 0 Å². The fourth-order valence-electron chi connectivity index (χ4n) is 2.07. The first-order chi connectivity index (χ1) is 9.10. The molecule has 0 spiro atoms. The molecule has 0 saturated heterocycles. The number of rotatable bonds is 5. The van der Waals surface area contributed by atoms with Crippen molar-refractivity contribution in [2.45, 2.75) is 18.9 Å². The van der Waals surface area contributed by atoms with Crippen molar-refractivity contribution in [1.82, 2.24) is 15.1 Å². The molecule has 1 heterocycles. The summed E-state index contributed by atoms with van der Waals surface area (Å²) in [7, 11) is 3.63. The highest BCUT2D eigenvalue weighted by atomic mass is 19.1. The fourth-order valence-corrected chi connectivity index (χ4v) is 2.07. The summed E-state index contributed by atoms with van der Waals surface area (Å²) >= 11 is 0. The van der Waals surface area contributed by atoms with Crippen LogP contribution in [0.5, 0.6) is 0 Å². The molecule has 5 heteroatoms. The van der Waals surface area contributed by atoms with Gasteiger partial charge in [0.05, 0.1) is 5.69 Å². The van der Waals surface area contributed by atoms with Gasteiger partial charge in [0.1, 0.15) is 11.6 Å². The van der Waals surface area contributed by atoms with Crippen molar-refractivity contribution >= 4 is 0 Å². The van der Waals surface area contributed by atoms with E-state index in [0.717, 1.165) is 5.69 Å². The number of nitrogens with zero attached hydrogens (tertiary/aromatic N) is 2. The zero-order valence-electron chi connectivity index (χ0n) is 11.0. The molecule has 3 nitrogen and oxygen atoms in total. The monoisotopic (exact) mass is 265 g/mol. The van der Waals surface area contributed by atoms with Gasteiger partial charge in [-0.15, -0.1) is 0 Å². The maximum Gasteiger partial charge on any atom is 0.129 e. The van der Waals surface area contributed by atoms with Crippen molar-refractivity contribution in [3.63, 3.8) is 0 Å². The predicted octanol–water partition coefficient (Wildman–Crippen LogP) is 2.07.